The number of hydrogen-bond acceptors (Lipinski definition) is 3. The molecule has 0 unspecified atom stereocenters. The van der Waals surface area contributed by atoms with Crippen molar-refractivity contribution in [1.82, 2.24) is 5.32 Å². The van der Waals surface area contributed by atoms with Crippen molar-refractivity contribution in [3.63, 3.8) is 0 Å². The van der Waals surface area contributed by atoms with E-state index in [4.69, 9.17) is 5.73 Å². The molecule has 0 atom stereocenters. The minimum atomic E-state index is -2.57. The van der Waals surface area contributed by atoms with E-state index < -0.39 is 7.14 Å². The van der Waals surface area contributed by atoms with Gasteiger partial charge in [0, 0.05) is 36.4 Å². The second kappa shape index (κ2) is 7.39. The van der Waals surface area contributed by atoms with Crippen LogP contribution in [0.25, 0.3) is 0 Å². The van der Waals surface area contributed by atoms with Gasteiger partial charge in [-0.05, 0) is 0 Å². The van der Waals surface area contributed by atoms with Gasteiger partial charge in [0.1, 0.15) is 7.14 Å². The van der Waals surface area contributed by atoms with E-state index in [2.05, 4.69) is 5.32 Å². The van der Waals surface area contributed by atoms with E-state index in [9.17, 15) is 4.57 Å². The van der Waals surface area contributed by atoms with Crippen LogP contribution in [-0.4, -0.2) is 25.8 Å². The highest BCUT2D eigenvalue weighted by atomic mass is 31.2. The third-order valence-corrected chi connectivity index (χ3v) is 6.39. The highest BCUT2D eigenvalue weighted by Crippen LogP contribution is 2.42. The number of nitrogens with two attached hydrogens (primary N) is 1. The highest BCUT2D eigenvalue weighted by Gasteiger charge is 2.26. The Labute approximate surface area is 120 Å². The molecule has 0 aromatic heterocycles. The predicted molar refractivity (Wildman–Crippen MR) is 86.5 cm³/mol. The summed E-state index contributed by atoms with van der Waals surface area (Å²) in [5.74, 6) is 0. The van der Waals surface area contributed by atoms with Gasteiger partial charge in [-0.2, -0.15) is 0 Å². The topological polar surface area (TPSA) is 55.1 Å². The first kappa shape index (κ1) is 15.0. The highest BCUT2D eigenvalue weighted by molar-refractivity contribution is 7.78. The van der Waals surface area contributed by atoms with Gasteiger partial charge in [-0.1, -0.05) is 60.7 Å². The van der Waals surface area contributed by atoms with Crippen LogP contribution >= 0.6 is 7.14 Å². The second-order valence-corrected chi connectivity index (χ2v) is 7.63. The van der Waals surface area contributed by atoms with Gasteiger partial charge in [-0.3, -0.25) is 0 Å². The molecule has 0 amide bonds. The van der Waals surface area contributed by atoms with Crippen molar-refractivity contribution in [3.05, 3.63) is 60.7 Å². The maximum absolute atomic E-state index is 13.5. The maximum atomic E-state index is 13.5. The lowest BCUT2D eigenvalue weighted by atomic mass is 10.4. The summed E-state index contributed by atoms with van der Waals surface area (Å²) in [6.07, 6.45) is 0.612. The van der Waals surface area contributed by atoms with E-state index in [1.165, 1.54) is 0 Å². The van der Waals surface area contributed by atoms with E-state index in [1.54, 1.807) is 0 Å². The Bertz CT molecular complexity index is 514. The Hall–Kier alpha value is -1.41. The lowest BCUT2D eigenvalue weighted by Crippen LogP contribution is -2.28. The number of rotatable bonds is 7. The Kier molecular flexibility index (Phi) is 5.54. The summed E-state index contributed by atoms with van der Waals surface area (Å²) >= 11 is 0. The normalized spacial score (nSPS) is 11.4. The summed E-state index contributed by atoms with van der Waals surface area (Å²) in [5.41, 5.74) is 5.47. The van der Waals surface area contributed by atoms with Crippen molar-refractivity contribution in [1.29, 1.82) is 0 Å². The monoisotopic (exact) mass is 288 g/mol. The van der Waals surface area contributed by atoms with Gasteiger partial charge < -0.3 is 15.6 Å². The Morgan fingerprint density at radius 3 is 1.80 bits per heavy atom. The molecule has 3 N–H and O–H groups in total. The lowest BCUT2D eigenvalue weighted by Gasteiger charge is -2.19. The summed E-state index contributed by atoms with van der Waals surface area (Å²) < 4.78 is 13.5. The molecule has 3 nitrogen and oxygen atoms in total. The number of nitrogens with one attached hydrogen (secondary N) is 1. The molecule has 2 aromatic rings. The Morgan fingerprint density at radius 2 is 1.35 bits per heavy atom. The standard InChI is InChI=1S/C16H21N2OP/c17-11-12-18-13-14-20(19,15-7-3-1-4-8-15)16-9-5-2-6-10-16/h1-10,18H,11-14,17H2. The fraction of sp³-hybridized carbons (Fsp3) is 0.250. The van der Waals surface area contributed by atoms with E-state index >= 15 is 0 Å². The molecule has 106 valence electrons. The minimum absolute atomic E-state index is 0.598. The summed E-state index contributed by atoms with van der Waals surface area (Å²) in [6.45, 7) is 2.06. The predicted octanol–water partition coefficient (Wildman–Crippen LogP) is 1.55. The van der Waals surface area contributed by atoms with Crippen molar-refractivity contribution in [3.8, 4) is 0 Å². The van der Waals surface area contributed by atoms with E-state index in [-0.39, 0.29) is 0 Å². The molecular weight excluding hydrogens is 267 g/mol. The molecule has 0 aliphatic heterocycles. The van der Waals surface area contributed by atoms with Gasteiger partial charge in [0.2, 0.25) is 0 Å². The van der Waals surface area contributed by atoms with Crippen LogP contribution in [0.3, 0.4) is 0 Å². The largest absolute Gasteiger partial charge is 0.329 e. The molecule has 0 aliphatic carbocycles. The molecule has 2 rings (SSSR count). The van der Waals surface area contributed by atoms with Crippen LogP contribution in [0, 0.1) is 0 Å². The first-order chi connectivity index (χ1) is 9.77. The summed E-state index contributed by atoms with van der Waals surface area (Å²) in [5, 5.41) is 5.07. The average molecular weight is 288 g/mol. The van der Waals surface area contributed by atoms with Gasteiger partial charge in [0.25, 0.3) is 0 Å². The first-order valence-electron chi connectivity index (χ1n) is 6.88. The molecule has 0 saturated heterocycles. The third-order valence-electron chi connectivity index (χ3n) is 3.27. The summed E-state index contributed by atoms with van der Waals surface area (Å²) in [7, 11) is -2.57. The van der Waals surface area contributed by atoms with E-state index in [0.717, 1.165) is 17.2 Å². The molecule has 4 heteroatoms. The summed E-state index contributed by atoms with van der Waals surface area (Å²) in [6, 6.07) is 19.5. The zero-order valence-electron chi connectivity index (χ0n) is 11.5. The second-order valence-electron chi connectivity index (χ2n) is 4.67. The lowest BCUT2D eigenvalue weighted by molar-refractivity contribution is 0.584. The SMILES string of the molecule is NCCNCCP(=O)(c1ccccc1)c1ccccc1. The average Bonchev–Trinajstić information content (AvgIpc) is 2.53. The first-order valence-corrected chi connectivity index (χ1v) is 8.77. The van der Waals surface area contributed by atoms with Crippen molar-refractivity contribution in [2.75, 3.05) is 25.8 Å². The molecular formula is C16H21N2OP. The van der Waals surface area contributed by atoms with Crippen molar-refractivity contribution >= 4 is 17.8 Å². The third kappa shape index (κ3) is 3.57. The quantitative estimate of drug-likeness (QED) is 0.600. The Morgan fingerprint density at radius 1 is 0.850 bits per heavy atom. The van der Waals surface area contributed by atoms with Crippen LogP contribution in [0.5, 0.6) is 0 Å². The van der Waals surface area contributed by atoms with Gasteiger partial charge in [-0.15, -0.1) is 0 Å². The van der Waals surface area contributed by atoms with Gasteiger partial charge in [-0.25, -0.2) is 0 Å². The van der Waals surface area contributed by atoms with E-state index in [1.807, 2.05) is 60.7 Å². The fourth-order valence-electron chi connectivity index (χ4n) is 2.21. The molecule has 0 spiro atoms. The fourth-order valence-corrected chi connectivity index (χ4v) is 4.80. The minimum Gasteiger partial charge on any atom is -0.329 e. The molecule has 2 aromatic carbocycles. The molecule has 0 radical (unpaired) electrons. The van der Waals surface area contributed by atoms with Crippen molar-refractivity contribution in [2.24, 2.45) is 5.73 Å². The maximum Gasteiger partial charge on any atom is 0.144 e. The smallest absolute Gasteiger partial charge is 0.144 e. The molecule has 0 bridgehead atoms. The number of benzene rings is 2. The zero-order chi connectivity index (χ0) is 14.3. The Balaban J connectivity index is 2.27. The molecule has 0 aliphatic rings. The van der Waals surface area contributed by atoms with Crippen LogP contribution in [0.15, 0.2) is 60.7 Å². The van der Waals surface area contributed by atoms with Gasteiger partial charge >= 0.3 is 0 Å². The van der Waals surface area contributed by atoms with Crippen LogP contribution in [-0.2, 0) is 4.57 Å². The van der Waals surface area contributed by atoms with Crippen molar-refractivity contribution < 1.29 is 4.57 Å². The van der Waals surface area contributed by atoms with Crippen LogP contribution in [0.1, 0.15) is 0 Å². The van der Waals surface area contributed by atoms with Crippen LogP contribution < -0.4 is 21.7 Å². The van der Waals surface area contributed by atoms with Gasteiger partial charge in [0.05, 0.1) is 0 Å². The zero-order valence-corrected chi connectivity index (χ0v) is 12.4. The van der Waals surface area contributed by atoms with Gasteiger partial charge in [0.15, 0.2) is 0 Å². The molecule has 0 fully saturated rings. The number of hydrogen-bond donors (Lipinski definition) is 2. The van der Waals surface area contributed by atoms with Crippen LogP contribution in [0.4, 0.5) is 0 Å². The van der Waals surface area contributed by atoms with E-state index in [0.29, 0.717) is 19.3 Å². The molecule has 20 heavy (non-hydrogen) atoms. The molecule has 0 saturated carbocycles. The van der Waals surface area contributed by atoms with Crippen LogP contribution in [0.2, 0.25) is 0 Å². The summed E-state index contributed by atoms with van der Waals surface area (Å²) in [4.78, 5) is 0. The van der Waals surface area contributed by atoms with Crippen molar-refractivity contribution in [2.45, 2.75) is 0 Å². The molecule has 0 heterocycles.